The third-order valence-electron chi connectivity index (χ3n) is 2.83. The number of hydrogen-bond acceptors (Lipinski definition) is 5. The molecule has 2 N–H and O–H groups in total. The summed E-state index contributed by atoms with van der Waals surface area (Å²) in [5, 5.41) is 11.6. The Balaban J connectivity index is 2.88. The van der Waals surface area contributed by atoms with Crippen molar-refractivity contribution in [1.82, 2.24) is 5.32 Å². The Hall–Kier alpha value is -1.89. The van der Waals surface area contributed by atoms with E-state index in [1.165, 1.54) is 38.1 Å². The number of ether oxygens (including phenoxy) is 2. The van der Waals surface area contributed by atoms with Crippen molar-refractivity contribution in [3.63, 3.8) is 0 Å². The quantitative estimate of drug-likeness (QED) is 0.759. The van der Waals surface area contributed by atoms with Gasteiger partial charge in [-0.25, -0.2) is 4.79 Å². The van der Waals surface area contributed by atoms with Crippen LogP contribution in [0, 0.1) is 0 Å². The maximum Gasteiger partial charge on any atom is 0.326 e. The summed E-state index contributed by atoms with van der Waals surface area (Å²) in [5.74, 6) is 0.0672. The van der Waals surface area contributed by atoms with Crippen LogP contribution in [0.3, 0.4) is 0 Å². The summed E-state index contributed by atoms with van der Waals surface area (Å²) >= 11 is 1.53. The van der Waals surface area contributed by atoms with E-state index < -0.39 is 17.9 Å². The zero-order valence-electron chi connectivity index (χ0n) is 12.2. The predicted molar refractivity (Wildman–Crippen MR) is 81.4 cm³/mol. The van der Waals surface area contributed by atoms with Crippen LogP contribution in [0.2, 0.25) is 0 Å². The largest absolute Gasteiger partial charge is 0.497 e. The van der Waals surface area contributed by atoms with Crippen LogP contribution in [0.15, 0.2) is 18.2 Å². The summed E-state index contributed by atoms with van der Waals surface area (Å²) in [4.78, 5) is 23.3. The molecule has 1 atom stereocenters. The molecule has 0 aliphatic rings. The van der Waals surface area contributed by atoms with Crippen LogP contribution in [0.1, 0.15) is 16.8 Å². The topological polar surface area (TPSA) is 84.9 Å². The number of carboxylic acids is 1. The Morgan fingerprint density at radius 1 is 1.24 bits per heavy atom. The van der Waals surface area contributed by atoms with Gasteiger partial charge in [0.05, 0.1) is 14.2 Å². The van der Waals surface area contributed by atoms with E-state index in [9.17, 15) is 9.59 Å². The lowest BCUT2D eigenvalue weighted by Gasteiger charge is -2.15. The highest BCUT2D eigenvalue weighted by atomic mass is 32.2. The molecule has 0 aliphatic carbocycles. The first-order valence-corrected chi connectivity index (χ1v) is 7.67. The number of rotatable bonds is 8. The van der Waals surface area contributed by atoms with E-state index in [1.807, 2.05) is 6.26 Å². The van der Waals surface area contributed by atoms with E-state index in [0.717, 1.165) is 0 Å². The molecular weight excluding hydrogens is 294 g/mol. The van der Waals surface area contributed by atoms with Gasteiger partial charge in [0.25, 0.3) is 5.91 Å². The molecule has 1 rings (SSSR count). The van der Waals surface area contributed by atoms with Gasteiger partial charge >= 0.3 is 5.97 Å². The minimum absolute atomic E-state index is 0.293. The van der Waals surface area contributed by atoms with Gasteiger partial charge in [0.15, 0.2) is 0 Å². The first-order chi connectivity index (χ1) is 10.0. The number of carboxylic acid groups (broad SMARTS) is 1. The maximum absolute atomic E-state index is 12.2. The van der Waals surface area contributed by atoms with Gasteiger partial charge in [0, 0.05) is 11.6 Å². The minimum atomic E-state index is -1.05. The highest BCUT2D eigenvalue weighted by Crippen LogP contribution is 2.22. The van der Waals surface area contributed by atoms with E-state index in [1.54, 1.807) is 6.07 Å². The summed E-state index contributed by atoms with van der Waals surface area (Å²) in [5.41, 5.74) is 0.293. The van der Waals surface area contributed by atoms with Gasteiger partial charge in [-0.3, -0.25) is 4.79 Å². The number of methoxy groups -OCH3 is 2. The molecule has 21 heavy (non-hydrogen) atoms. The number of amides is 1. The van der Waals surface area contributed by atoms with Gasteiger partial charge in [-0.05, 0) is 30.6 Å². The predicted octanol–water partition coefficient (Wildman–Crippen LogP) is 1.64. The molecule has 1 amide bonds. The number of carbonyl (C=O) groups is 2. The Morgan fingerprint density at radius 2 is 1.81 bits per heavy atom. The third kappa shape index (κ3) is 5.18. The highest BCUT2D eigenvalue weighted by molar-refractivity contribution is 7.98. The van der Waals surface area contributed by atoms with Crippen molar-refractivity contribution in [3.05, 3.63) is 23.8 Å². The second-order valence-corrected chi connectivity index (χ2v) is 5.23. The normalized spacial score (nSPS) is 11.6. The fourth-order valence-corrected chi connectivity index (χ4v) is 2.14. The molecule has 0 aromatic heterocycles. The van der Waals surface area contributed by atoms with Crippen LogP contribution in [0.4, 0.5) is 0 Å². The number of hydrogen-bond donors (Lipinski definition) is 2. The number of carbonyl (C=O) groups excluding carboxylic acids is 1. The fraction of sp³-hybridized carbons (Fsp3) is 0.429. The molecule has 1 aromatic rings. The molecule has 7 heteroatoms. The first-order valence-electron chi connectivity index (χ1n) is 6.27. The number of thioether (sulfide) groups is 1. The third-order valence-corrected chi connectivity index (χ3v) is 3.47. The van der Waals surface area contributed by atoms with Gasteiger partial charge in [-0.15, -0.1) is 0 Å². The SMILES string of the molecule is COc1cc(OC)cc(C(=O)N[C@H](CCSC)C(=O)O)c1. The van der Waals surface area contributed by atoms with Crippen molar-refractivity contribution in [2.75, 3.05) is 26.2 Å². The summed E-state index contributed by atoms with van der Waals surface area (Å²) in [6.07, 6.45) is 2.25. The molecule has 0 fully saturated rings. The van der Waals surface area contributed by atoms with Crippen molar-refractivity contribution in [2.45, 2.75) is 12.5 Å². The molecule has 0 heterocycles. The van der Waals surface area contributed by atoms with Gasteiger partial charge in [0.2, 0.25) is 0 Å². The second kappa shape index (κ2) is 8.41. The Labute approximate surface area is 127 Å². The molecule has 1 aromatic carbocycles. The smallest absolute Gasteiger partial charge is 0.326 e. The fourth-order valence-electron chi connectivity index (χ4n) is 1.67. The Kier molecular flexibility index (Phi) is 6.87. The van der Waals surface area contributed by atoms with E-state index >= 15 is 0 Å². The van der Waals surface area contributed by atoms with E-state index in [0.29, 0.717) is 29.2 Å². The molecular formula is C14H19NO5S. The zero-order valence-corrected chi connectivity index (χ0v) is 13.0. The van der Waals surface area contributed by atoms with Crippen LogP contribution in [-0.2, 0) is 4.79 Å². The molecule has 0 saturated heterocycles. The highest BCUT2D eigenvalue weighted by Gasteiger charge is 2.20. The summed E-state index contributed by atoms with van der Waals surface area (Å²) in [6, 6.07) is 3.79. The summed E-state index contributed by atoms with van der Waals surface area (Å²) in [7, 11) is 2.96. The molecule has 0 aliphatic heterocycles. The zero-order chi connectivity index (χ0) is 15.8. The molecule has 116 valence electrons. The van der Waals surface area contributed by atoms with Gasteiger partial charge in [-0.1, -0.05) is 0 Å². The van der Waals surface area contributed by atoms with Crippen LogP contribution in [-0.4, -0.2) is 49.3 Å². The molecule has 6 nitrogen and oxygen atoms in total. The lowest BCUT2D eigenvalue weighted by Crippen LogP contribution is -2.41. The summed E-state index contributed by atoms with van der Waals surface area (Å²) in [6.45, 7) is 0. The van der Waals surface area contributed by atoms with Crippen LogP contribution in [0.25, 0.3) is 0 Å². The van der Waals surface area contributed by atoms with E-state index in [4.69, 9.17) is 14.6 Å². The minimum Gasteiger partial charge on any atom is -0.497 e. The van der Waals surface area contributed by atoms with Crippen molar-refractivity contribution in [3.8, 4) is 11.5 Å². The Morgan fingerprint density at radius 3 is 2.24 bits per heavy atom. The molecule has 0 radical (unpaired) electrons. The average Bonchev–Trinajstić information content (AvgIpc) is 2.50. The lowest BCUT2D eigenvalue weighted by atomic mass is 10.1. The molecule has 0 bridgehead atoms. The number of benzene rings is 1. The summed E-state index contributed by atoms with van der Waals surface area (Å²) < 4.78 is 10.2. The number of aliphatic carboxylic acids is 1. The maximum atomic E-state index is 12.2. The second-order valence-electron chi connectivity index (χ2n) is 4.25. The van der Waals surface area contributed by atoms with Crippen molar-refractivity contribution < 1.29 is 24.2 Å². The van der Waals surface area contributed by atoms with Crippen LogP contribution < -0.4 is 14.8 Å². The van der Waals surface area contributed by atoms with Crippen molar-refractivity contribution >= 4 is 23.6 Å². The van der Waals surface area contributed by atoms with Crippen molar-refractivity contribution in [2.24, 2.45) is 0 Å². The van der Waals surface area contributed by atoms with E-state index in [2.05, 4.69) is 5.32 Å². The number of nitrogens with one attached hydrogen (secondary N) is 1. The standard InChI is InChI=1S/C14H19NO5S/c1-19-10-6-9(7-11(8-10)20-2)13(16)15-12(14(17)18)4-5-21-3/h6-8,12H,4-5H2,1-3H3,(H,15,16)(H,17,18)/t12-/m1/s1. The lowest BCUT2D eigenvalue weighted by molar-refractivity contribution is -0.139. The van der Waals surface area contributed by atoms with Gasteiger partial charge in [-0.2, -0.15) is 11.8 Å². The van der Waals surface area contributed by atoms with Gasteiger partial charge < -0.3 is 19.9 Å². The molecule has 0 unspecified atom stereocenters. The van der Waals surface area contributed by atoms with Gasteiger partial charge in [0.1, 0.15) is 17.5 Å². The van der Waals surface area contributed by atoms with Crippen molar-refractivity contribution in [1.29, 1.82) is 0 Å². The molecule has 0 saturated carbocycles. The van der Waals surface area contributed by atoms with Crippen LogP contribution in [0.5, 0.6) is 11.5 Å². The monoisotopic (exact) mass is 313 g/mol. The molecule has 0 spiro atoms. The Bertz CT molecular complexity index is 484. The van der Waals surface area contributed by atoms with Crippen LogP contribution >= 0.6 is 11.8 Å². The first kappa shape index (κ1) is 17.2. The van der Waals surface area contributed by atoms with E-state index in [-0.39, 0.29) is 0 Å². The average molecular weight is 313 g/mol.